The van der Waals surface area contributed by atoms with E-state index in [1.165, 1.54) is 20.2 Å². The van der Waals surface area contributed by atoms with Crippen LogP contribution < -0.4 is 14.8 Å². The number of halogens is 2. The molecular weight excluding hydrogens is 378 g/mol. The van der Waals surface area contributed by atoms with Crippen molar-refractivity contribution in [1.29, 1.82) is 0 Å². The number of rotatable bonds is 8. The van der Waals surface area contributed by atoms with Crippen LogP contribution in [-0.2, 0) is 14.3 Å². The molecule has 0 radical (unpaired) electrons. The van der Waals surface area contributed by atoms with Gasteiger partial charge < -0.3 is 24.4 Å². The number of likely N-dealkylation sites (N-methyl/N-ethyl adjacent to an activating group) is 1. The molecule has 8 nitrogen and oxygen atoms in total. The van der Waals surface area contributed by atoms with E-state index in [4.69, 9.17) is 9.47 Å². The molecule has 0 aromatic heterocycles. The maximum absolute atomic E-state index is 12.3. The third-order valence-electron chi connectivity index (χ3n) is 3.26. The fraction of sp³-hybridized carbons (Fsp3) is 0.500. The molecule has 0 spiro atoms. The zero-order valence-corrected chi connectivity index (χ0v) is 16.4. The van der Waals surface area contributed by atoms with Crippen LogP contribution >= 0.6 is 0 Å². The van der Waals surface area contributed by atoms with E-state index in [9.17, 15) is 23.2 Å². The van der Waals surface area contributed by atoms with Crippen LogP contribution in [0.1, 0.15) is 31.1 Å². The van der Waals surface area contributed by atoms with Crippen molar-refractivity contribution < 1.29 is 37.4 Å². The molecule has 0 bridgehead atoms. The van der Waals surface area contributed by atoms with Crippen molar-refractivity contribution in [3.63, 3.8) is 0 Å². The lowest BCUT2D eigenvalue weighted by atomic mass is 10.1. The number of benzene rings is 1. The van der Waals surface area contributed by atoms with Gasteiger partial charge in [-0.1, -0.05) is 0 Å². The van der Waals surface area contributed by atoms with Crippen LogP contribution in [0.2, 0.25) is 0 Å². The normalized spacial score (nSPS) is 11.0. The lowest BCUT2D eigenvalue weighted by molar-refractivity contribution is -0.137. The van der Waals surface area contributed by atoms with Crippen LogP contribution in [0.15, 0.2) is 18.2 Å². The fourth-order valence-corrected chi connectivity index (χ4v) is 2.07. The average molecular weight is 402 g/mol. The highest BCUT2D eigenvalue weighted by atomic mass is 19.3. The van der Waals surface area contributed by atoms with Gasteiger partial charge in [-0.15, -0.1) is 0 Å². The van der Waals surface area contributed by atoms with E-state index in [-0.39, 0.29) is 29.5 Å². The Morgan fingerprint density at radius 1 is 1.18 bits per heavy atom. The summed E-state index contributed by atoms with van der Waals surface area (Å²) in [6.45, 7) is 1.59. The first-order valence-corrected chi connectivity index (χ1v) is 8.28. The molecule has 0 aliphatic carbocycles. The van der Waals surface area contributed by atoms with Crippen LogP contribution in [0.4, 0.5) is 8.78 Å². The van der Waals surface area contributed by atoms with Crippen LogP contribution in [0.3, 0.4) is 0 Å². The Balaban J connectivity index is 2.63. The minimum absolute atomic E-state index is 0.0144. The van der Waals surface area contributed by atoms with Crippen molar-refractivity contribution in [3.8, 4) is 11.5 Å². The lowest BCUT2D eigenvalue weighted by Gasteiger charge is -2.23. The first-order chi connectivity index (χ1) is 12.9. The minimum Gasteiger partial charge on any atom is -0.493 e. The summed E-state index contributed by atoms with van der Waals surface area (Å²) in [5, 5.41) is 2.71. The summed E-state index contributed by atoms with van der Waals surface area (Å²) in [7, 11) is 2.63. The van der Waals surface area contributed by atoms with Crippen molar-refractivity contribution >= 4 is 17.8 Å². The summed E-state index contributed by atoms with van der Waals surface area (Å²) in [6, 6.07) is 3.49. The van der Waals surface area contributed by atoms with Crippen molar-refractivity contribution in [2.75, 3.05) is 27.3 Å². The standard InChI is InChI=1S/C18H24F2N2O6/c1-18(2,3)21-14(23)9-22(4)15(24)10-27-16(25)11-6-7-12(28-17(19)20)13(8-11)26-5/h6-8,17H,9-10H2,1-5H3,(H,21,23). The molecule has 0 atom stereocenters. The maximum atomic E-state index is 12.3. The topological polar surface area (TPSA) is 94.2 Å². The molecule has 1 aromatic rings. The molecule has 0 heterocycles. The SMILES string of the molecule is COc1cc(C(=O)OCC(=O)N(C)CC(=O)NC(C)(C)C)ccc1OC(F)F. The first kappa shape index (κ1) is 23.1. The highest BCUT2D eigenvalue weighted by Crippen LogP contribution is 2.29. The molecule has 0 fully saturated rings. The number of esters is 1. The number of carbonyl (C=O) groups is 3. The van der Waals surface area contributed by atoms with Crippen molar-refractivity contribution in [2.24, 2.45) is 0 Å². The molecule has 0 saturated carbocycles. The second-order valence-electron chi connectivity index (χ2n) is 6.87. The number of alkyl halides is 2. The molecule has 0 aliphatic rings. The van der Waals surface area contributed by atoms with Gasteiger partial charge in [-0.2, -0.15) is 8.78 Å². The number of nitrogens with one attached hydrogen (secondary N) is 1. The Bertz CT molecular complexity index is 719. The zero-order valence-electron chi connectivity index (χ0n) is 16.4. The molecule has 0 saturated heterocycles. The Morgan fingerprint density at radius 3 is 2.36 bits per heavy atom. The summed E-state index contributed by atoms with van der Waals surface area (Å²) in [5.74, 6) is -2.12. The van der Waals surface area contributed by atoms with E-state index in [2.05, 4.69) is 10.1 Å². The molecule has 156 valence electrons. The van der Waals surface area contributed by atoms with Gasteiger partial charge in [-0.05, 0) is 39.0 Å². The fourth-order valence-electron chi connectivity index (χ4n) is 2.07. The molecule has 28 heavy (non-hydrogen) atoms. The highest BCUT2D eigenvalue weighted by molar-refractivity contribution is 5.92. The van der Waals surface area contributed by atoms with Gasteiger partial charge in [0.1, 0.15) is 0 Å². The van der Waals surface area contributed by atoms with Crippen molar-refractivity contribution in [2.45, 2.75) is 32.9 Å². The van der Waals surface area contributed by atoms with Crippen molar-refractivity contribution in [1.82, 2.24) is 10.2 Å². The highest BCUT2D eigenvalue weighted by Gasteiger charge is 2.20. The monoisotopic (exact) mass is 402 g/mol. The van der Waals surface area contributed by atoms with E-state index in [1.807, 2.05) is 0 Å². The molecular formula is C18H24F2N2O6. The smallest absolute Gasteiger partial charge is 0.387 e. The predicted octanol–water partition coefficient (Wildman–Crippen LogP) is 1.83. The summed E-state index contributed by atoms with van der Waals surface area (Å²) in [5.41, 5.74) is -0.452. The second kappa shape index (κ2) is 9.86. The van der Waals surface area contributed by atoms with Gasteiger partial charge in [0.2, 0.25) is 5.91 Å². The lowest BCUT2D eigenvalue weighted by Crippen LogP contribution is -2.46. The van der Waals surface area contributed by atoms with Gasteiger partial charge in [0, 0.05) is 12.6 Å². The number of methoxy groups -OCH3 is 1. The molecule has 1 aromatic carbocycles. The minimum atomic E-state index is -3.05. The Morgan fingerprint density at radius 2 is 1.82 bits per heavy atom. The van der Waals surface area contributed by atoms with Gasteiger partial charge in [-0.25, -0.2) is 4.79 Å². The number of nitrogens with zero attached hydrogens (tertiary/aromatic N) is 1. The van der Waals surface area contributed by atoms with Crippen LogP contribution in [0.25, 0.3) is 0 Å². The summed E-state index contributed by atoms with van der Waals surface area (Å²) in [6.07, 6.45) is 0. The Labute approximate surface area is 161 Å². The summed E-state index contributed by atoms with van der Waals surface area (Å²) >= 11 is 0. The van der Waals surface area contributed by atoms with Crippen LogP contribution in [-0.4, -0.2) is 62.1 Å². The zero-order chi connectivity index (χ0) is 21.5. The Kier molecular flexibility index (Phi) is 8.15. The van der Waals surface area contributed by atoms with Gasteiger partial charge in [0.05, 0.1) is 19.2 Å². The van der Waals surface area contributed by atoms with E-state index in [0.29, 0.717) is 0 Å². The van der Waals surface area contributed by atoms with Gasteiger partial charge >= 0.3 is 12.6 Å². The van der Waals surface area contributed by atoms with E-state index < -0.39 is 30.6 Å². The van der Waals surface area contributed by atoms with Gasteiger partial charge in [-0.3, -0.25) is 9.59 Å². The van der Waals surface area contributed by atoms with Crippen molar-refractivity contribution in [3.05, 3.63) is 23.8 Å². The summed E-state index contributed by atoms with van der Waals surface area (Å²) < 4.78 is 38.7. The average Bonchev–Trinajstić information content (AvgIpc) is 2.57. The first-order valence-electron chi connectivity index (χ1n) is 8.28. The third-order valence-corrected chi connectivity index (χ3v) is 3.26. The molecule has 1 rings (SSSR count). The van der Waals surface area contributed by atoms with E-state index >= 15 is 0 Å². The van der Waals surface area contributed by atoms with Crippen LogP contribution in [0, 0.1) is 0 Å². The van der Waals surface area contributed by atoms with Crippen LogP contribution in [0.5, 0.6) is 11.5 Å². The Hall–Kier alpha value is -2.91. The number of carbonyl (C=O) groups excluding carboxylic acids is 3. The number of amides is 2. The molecule has 1 N–H and O–H groups in total. The number of hydrogen-bond donors (Lipinski definition) is 1. The third kappa shape index (κ3) is 7.77. The number of ether oxygens (including phenoxy) is 3. The second-order valence-corrected chi connectivity index (χ2v) is 6.87. The molecule has 0 unspecified atom stereocenters. The summed E-state index contributed by atoms with van der Waals surface area (Å²) in [4.78, 5) is 37.0. The van der Waals surface area contributed by atoms with Gasteiger partial charge in [0.25, 0.3) is 5.91 Å². The van der Waals surface area contributed by atoms with Gasteiger partial charge in [0.15, 0.2) is 18.1 Å². The molecule has 10 heteroatoms. The predicted molar refractivity (Wildman–Crippen MR) is 95.4 cm³/mol. The van der Waals surface area contributed by atoms with E-state index in [0.717, 1.165) is 17.0 Å². The van der Waals surface area contributed by atoms with E-state index in [1.54, 1.807) is 20.8 Å². The number of hydrogen-bond acceptors (Lipinski definition) is 6. The quantitative estimate of drug-likeness (QED) is 0.667. The molecule has 0 aliphatic heterocycles. The maximum Gasteiger partial charge on any atom is 0.387 e. The molecule has 2 amide bonds. The largest absolute Gasteiger partial charge is 0.493 e.